The topological polar surface area (TPSA) is 145 Å². The van der Waals surface area contributed by atoms with Crippen molar-refractivity contribution in [1.82, 2.24) is 20.2 Å². The average molecular weight is 843 g/mol. The molecule has 4 fully saturated rings. The summed E-state index contributed by atoms with van der Waals surface area (Å²) in [6, 6.07) is 24.5. The predicted molar refractivity (Wildman–Crippen MR) is 222 cm³/mol. The average Bonchev–Trinajstić information content (AvgIpc) is 4.12. The van der Waals surface area contributed by atoms with Crippen LogP contribution in [-0.2, 0) is 33.7 Å². The molecule has 0 bridgehead atoms. The second kappa shape index (κ2) is 16.8. The van der Waals surface area contributed by atoms with Crippen LogP contribution in [0, 0.1) is 5.92 Å². The van der Waals surface area contributed by atoms with Gasteiger partial charge in [-0.3, -0.25) is 25.2 Å². The molecular formula is C44H52FN6O8P. The van der Waals surface area contributed by atoms with E-state index in [0.29, 0.717) is 11.5 Å². The van der Waals surface area contributed by atoms with Crippen LogP contribution in [0.2, 0.25) is 0 Å². The molecule has 14 nitrogen and oxygen atoms in total. The highest BCUT2D eigenvalue weighted by molar-refractivity contribution is 7.45. The molecule has 9 rings (SSSR count). The number of alkyl halides is 1. The van der Waals surface area contributed by atoms with Crippen LogP contribution in [0.3, 0.4) is 0 Å². The molecule has 6 aliphatic rings. The fraction of sp³-hybridized carbons (Fsp3) is 0.500. The summed E-state index contributed by atoms with van der Waals surface area (Å²) in [7, 11) is 1.61. The smallest absolute Gasteiger partial charge is 0.260 e. The lowest BCUT2D eigenvalue weighted by atomic mass is 9.80. The van der Waals surface area contributed by atoms with E-state index in [1.165, 1.54) is 11.2 Å². The molecule has 318 valence electrons. The van der Waals surface area contributed by atoms with E-state index in [1.807, 2.05) is 78.9 Å². The lowest BCUT2D eigenvalue weighted by Crippen LogP contribution is -2.58. The Morgan fingerprint density at radius 1 is 0.983 bits per heavy atom. The molecule has 0 radical (unpaired) electrons. The van der Waals surface area contributed by atoms with Gasteiger partial charge >= 0.3 is 0 Å². The summed E-state index contributed by atoms with van der Waals surface area (Å²) in [6.45, 7) is 4.18. The Bertz CT molecular complexity index is 2040. The minimum atomic E-state index is -1.74. The van der Waals surface area contributed by atoms with Gasteiger partial charge in [0.1, 0.15) is 29.3 Å². The number of carbonyl (C=O) groups excluding carboxylic acids is 2. The van der Waals surface area contributed by atoms with E-state index >= 15 is 4.39 Å². The van der Waals surface area contributed by atoms with Gasteiger partial charge in [-0.1, -0.05) is 81.3 Å². The van der Waals surface area contributed by atoms with Crippen LogP contribution >= 0.6 is 8.53 Å². The molecule has 3 saturated heterocycles. The van der Waals surface area contributed by atoms with E-state index in [1.54, 1.807) is 28.1 Å². The molecule has 3 unspecified atom stereocenters. The van der Waals surface area contributed by atoms with Crippen LogP contribution in [-0.4, -0.2) is 110 Å². The molecular weight excluding hydrogens is 790 g/mol. The number of hydrogen-bond acceptors (Lipinski definition) is 12. The van der Waals surface area contributed by atoms with Crippen molar-refractivity contribution in [2.24, 2.45) is 15.9 Å². The van der Waals surface area contributed by atoms with Crippen LogP contribution in [0.5, 0.6) is 11.5 Å². The molecule has 16 heteroatoms. The lowest BCUT2D eigenvalue weighted by molar-refractivity contribution is -0.125. The minimum absolute atomic E-state index is 0.0204. The lowest BCUT2D eigenvalue weighted by Gasteiger charge is -2.37. The zero-order valence-electron chi connectivity index (χ0n) is 34.2. The molecule has 1 saturated carbocycles. The number of halogens is 1. The normalized spacial score (nSPS) is 29.5. The second-order valence-corrected chi connectivity index (χ2v) is 17.9. The van der Waals surface area contributed by atoms with E-state index in [4.69, 9.17) is 28.0 Å². The Kier molecular flexibility index (Phi) is 11.4. The highest BCUT2D eigenvalue weighted by Gasteiger charge is 2.61. The summed E-state index contributed by atoms with van der Waals surface area (Å²) in [5.74, 6) is 0.197. The van der Waals surface area contributed by atoms with Crippen LogP contribution in [0.25, 0.3) is 0 Å². The Morgan fingerprint density at radius 3 is 2.27 bits per heavy atom. The number of methoxy groups -OCH3 is 2. The van der Waals surface area contributed by atoms with Gasteiger partial charge in [0.15, 0.2) is 24.6 Å². The van der Waals surface area contributed by atoms with Crippen LogP contribution in [0.4, 0.5) is 4.39 Å². The van der Waals surface area contributed by atoms with E-state index in [9.17, 15) is 9.59 Å². The molecule has 2 N–H and O–H groups in total. The SMILES string of the molecule is COc1ccc(C(OC[C@H]2O[C@@H](N3C=NC4C(=O)NC(NC(=O)C(C)C)=NC43)[C@H](F)[C@@H]2OP2OC3(CCCC3)[C@H]3CCCN32)(c2ccccc2)c2ccc(OC)cc2)cc1. The van der Waals surface area contributed by atoms with E-state index in [2.05, 4.69) is 25.3 Å². The minimum Gasteiger partial charge on any atom is -0.497 e. The number of rotatable bonds is 12. The Morgan fingerprint density at radius 2 is 1.63 bits per heavy atom. The molecule has 0 aromatic heterocycles. The standard InChI is InChI=1S/C44H52FN6O8P/c1-27(2)39(52)48-42-47-38-36(40(53)49-42)46-26-50(38)41-35(45)37(58-60-51-24-10-13-34(51)43(59-60)22-8-9-23-43)33(57-41)25-56-44(28-11-6-5-7-12-28,29-14-18-31(54-3)19-15-29)30-16-20-32(55-4)21-17-30/h5-7,11-12,14-21,26-27,33-38,41H,8-10,13,22-25H2,1-4H3,(H2,47,48,49,52,53)/t33-,34-,35-,36?,37-,38?,41-,60?/m1/s1. The number of nitrogens with zero attached hydrogens (tertiary/aromatic N) is 4. The quantitative estimate of drug-likeness (QED) is 0.170. The highest BCUT2D eigenvalue weighted by Crippen LogP contribution is 2.65. The molecule has 3 aromatic rings. The van der Waals surface area contributed by atoms with E-state index in [0.717, 1.165) is 61.8 Å². The van der Waals surface area contributed by atoms with Crippen LogP contribution < -0.4 is 20.1 Å². The third-order valence-corrected chi connectivity index (χ3v) is 14.5. The summed E-state index contributed by atoms with van der Waals surface area (Å²) < 4.78 is 58.8. The molecule has 60 heavy (non-hydrogen) atoms. The van der Waals surface area contributed by atoms with E-state index < -0.39 is 56.8 Å². The zero-order valence-corrected chi connectivity index (χ0v) is 35.1. The van der Waals surface area contributed by atoms with Crippen molar-refractivity contribution in [3.05, 3.63) is 95.6 Å². The number of amides is 2. The van der Waals surface area contributed by atoms with Crippen molar-refractivity contribution in [3.8, 4) is 11.5 Å². The maximum Gasteiger partial charge on any atom is 0.260 e. The highest BCUT2D eigenvalue weighted by atomic mass is 31.2. The largest absolute Gasteiger partial charge is 0.497 e. The first-order valence-corrected chi connectivity index (χ1v) is 22.0. The zero-order chi connectivity index (χ0) is 41.6. The Labute approximate surface area is 350 Å². The van der Waals surface area contributed by atoms with Gasteiger partial charge < -0.3 is 32.9 Å². The summed E-state index contributed by atoms with van der Waals surface area (Å²) in [5.41, 5.74) is 0.950. The number of carbonyl (C=O) groups is 2. The molecule has 8 atom stereocenters. The van der Waals surface area contributed by atoms with Crippen molar-refractivity contribution >= 4 is 32.6 Å². The van der Waals surface area contributed by atoms with Gasteiger partial charge in [0.05, 0.1) is 32.8 Å². The number of ether oxygens (including phenoxy) is 4. The fourth-order valence-electron chi connectivity index (χ4n) is 9.50. The molecule has 5 heterocycles. The number of guanidine groups is 1. The van der Waals surface area contributed by atoms with Gasteiger partial charge in [-0.15, -0.1) is 0 Å². The van der Waals surface area contributed by atoms with Crippen molar-refractivity contribution in [2.45, 2.75) is 106 Å². The van der Waals surface area contributed by atoms with Crippen molar-refractivity contribution in [3.63, 3.8) is 0 Å². The van der Waals surface area contributed by atoms with Crippen LogP contribution in [0.1, 0.15) is 69.1 Å². The van der Waals surface area contributed by atoms with Gasteiger partial charge in [0, 0.05) is 18.5 Å². The van der Waals surface area contributed by atoms with Crippen molar-refractivity contribution < 1.29 is 42.0 Å². The van der Waals surface area contributed by atoms with Gasteiger partial charge in [0.2, 0.25) is 11.9 Å². The van der Waals surface area contributed by atoms with Gasteiger partial charge in [-0.25, -0.2) is 14.1 Å². The molecule has 2 amide bonds. The first-order chi connectivity index (χ1) is 29.1. The predicted octanol–water partition coefficient (Wildman–Crippen LogP) is 5.79. The summed E-state index contributed by atoms with van der Waals surface area (Å²) in [5, 5.41) is 5.30. The first kappa shape index (κ1) is 40.9. The maximum absolute atomic E-state index is 17.6. The number of nitrogens with one attached hydrogen (secondary N) is 2. The third-order valence-electron chi connectivity index (χ3n) is 12.6. The van der Waals surface area contributed by atoms with Crippen molar-refractivity contribution in [1.29, 1.82) is 0 Å². The van der Waals surface area contributed by atoms with Gasteiger partial charge in [-0.2, -0.15) is 0 Å². The summed E-state index contributed by atoms with van der Waals surface area (Å²) in [4.78, 5) is 36.5. The monoisotopic (exact) mass is 842 g/mol. The van der Waals surface area contributed by atoms with Gasteiger partial charge in [-0.05, 0) is 66.6 Å². The number of benzene rings is 3. The first-order valence-electron chi connectivity index (χ1n) is 20.8. The molecule has 5 aliphatic heterocycles. The number of hydrogen-bond donors (Lipinski definition) is 2. The second-order valence-electron chi connectivity index (χ2n) is 16.5. The fourth-order valence-corrected chi connectivity index (χ4v) is 11.7. The Balaban J connectivity index is 1.08. The number of fused-ring (bicyclic) bond motifs is 3. The molecule has 3 aromatic carbocycles. The number of aliphatic imine (C=N–C) groups is 2. The van der Waals surface area contributed by atoms with E-state index in [-0.39, 0.29) is 36.0 Å². The maximum atomic E-state index is 17.6. The third kappa shape index (κ3) is 7.26. The van der Waals surface area contributed by atoms with Crippen molar-refractivity contribution in [2.75, 3.05) is 27.4 Å². The summed E-state index contributed by atoms with van der Waals surface area (Å²) >= 11 is 0. The Hall–Kier alpha value is -4.50. The molecule has 1 spiro atoms. The molecule has 1 aliphatic carbocycles. The summed E-state index contributed by atoms with van der Waals surface area (Å²) in [6.07, 6.45) is 1.50. The van der Waals surface area contributed by atoms with Gasteiger partial charge in [0.25, 0.3) is 14.4 Å². The van der Waals surface area contributed by atoms with Crippen LogP contribution in [0.15, 0.2) is 88.8 Å².